The molecule has 0 atom stereocenters. The number of ether oxygens (including phenoxy) is 1. The molecule has 0 unspecified atom stereocenters. The molecule has 2 N–H and O–H groups in total. The van der Waals surface area contributed by atoms with Crippen LogP contribution in [0.1, 0.15) is 16.3 Å². The highest BCUT2D eigenvalue weighted by atomic mass is 16.5. The molecule has 0 saturated carbocycles. The van der Waals surface area contributed by atoms with Crippen LogP contribution in [0.2, 0.25) is 0 Å². The maximum atomic E-state index is 10.8. The lowest BCUT2D eigenvalue weighted by Gasteiger charge is -1.92. The second kappa shape index (κ2) is 3.21. The van der Waals surface area contributed by atoms with Crippen LogP contribution >= 0.6 is 0 Å². The highest BCUT2D eigenvalue weighted by molar-refractivity contribution is 5.86. The Labute approximate surface area is 63.9 Å². The van der Waals surface area contributed by atoms with E-state index in [1.807, 2.05) is 0 Å². The molecule has 0 aromatic carbocycles. The molecule has 0 radical (unpaired) electrons. The van der Waals surface area contributed by atoms with Crippen molar-refractivity contribution in [2.75, 3.05) is 7.11 Å². The van der Waals surface area contributed by atoms with E-state index in [-0.39, 0.29) is 12.3 Å². The highest BCUT2D eigenvalue weighted by Crippen LogP contribution is 2.07. The first-order chi connectivity index (χ1) is 5.27. The number of hydrogen-bond acceptors (Lipinski definition) is 4. The highest BCUT2D eigenvalue weighted by Gasteiger charge is 2.09. The summed E-state index contributed by atoms with van der Waals surface area (Å²) in [5, 5.41) is 0. The zero-order valence-corrected chi connectivity index (χ0v) is 6.16. The van der Waals surface area contributed by atoms with Gasteiger partial charge in [-0.1, -0.05) is 0 Å². The van der Waals surface area contributed by atoms with E-state index in [2.05, 4.69) is 4.74 Å². The lowest BCUT2D eigenvalue weighted by Crippen LogP contribution is -1.99. The smallest absolute Gasteiger partial charge is 0.373 e. The third kappa shape index (κ3) is 1.59. The Hall–Kier alpha value is -1.29. The van der Waals surface area contributed by atoms with Crippen LogP contribution in [0.5, 0.6) is 0 Å². The van der Waals surface area contributed by atoms with Gasteiger partial charge >= 0.3 is 5.97 Å². The molecule has 1 aromatic rings. The molecule has 0 bridgehead atoms. The number of rotatable bonds is 2. The Balaban J connectivity index is 2.80. The first kappa shape index (κ1) is 7.81. The van der Waals surface area contributed by atoms with Crippen molar-refractivity contribution < 1.29 is 13.9 Å². The average molecular weight is 155 g/mol. The molecule has 0 spiro atoms. The molecule has 4 heteroatoms. The summed E-state index contributed by atoms with van der Waals surface area (Å²) >= 11 is 0. The maximum Gasteiger partial charge on any atom is 0.373 e. The van der Waals surface area contributed by atoms with Gasteiger partial charge in [0, 0.05) is 0 Å². The minimum absolute atomic E-state index is 0.188. The lowest BCUT2D eigenvalue weighted by atomic mass is 10.4. The number of carbonyl (C=O) groups is 1. The van der Waals surface area contributed by atoms with Gasteiger partial charge < -0.3 is 14.9 Å². The van der Waals surface area contributed by atoms with Gasteiger partial charge in [0.2, 0.25) is 5.76 Å². The van der Waals surface area contributed by atoms with Crippen LogP contribution in [-0.2, 0) is 11.3 Å². The van der Waals surface area contributed by atoms with Crippen LogP contribution in [0, 0.1) is 0 Å². The minimum Gasteiger partial charge on any atom is -0.463 e. The van der Waals surface area contributed by atoms with Gasteiger partial charge in [0.1, 0.15) is 5.76 Å². The summed E-state index contributed by atoms with van der Waals surface area (Å²) in [6.07, 6.45) is 0. The Morgan fingerprint density at radius 2 is 2.45 bits per heavy atom. The first-order valence-electron chi connectivity index (χ1n) is 3.15. The molecule has 1 heterocycles. The number of hydrogen-bond donors (Lipinski definition) is 1. The third-order valence-corrected chi connectivity index (χ3v) is 1.25. The fraction of sp³-hybridized carbons (Fsp3) is 0.286. The SMILES string of the molecule is COC(=O)c1ccc(CN)o1. The molecular weight excluding hydrogens is 146 g/mol. The van der Waals surface area contributed by atoms with Gasteiger partial charge in [-0.05, 0) is 12.1 Å². The fourth-order valence-electron chi connectivity index (χ4n) is 0.698. The number of esters is 1. The van der Waals surface area contributed by atoms with Gasteiger partial charge in [0.25, 0.3) is 0 Å². The lowest BCUT2D eigenvalue weighted by molar-refractivity contribution is 0.0563. The first-order valence-corrected chi connectivity index (χ1v) is 3.15. The van der Waals surface area contributed by atoms with Crippen molar-refractivity contribution in [1.29, 1.82) is 0 Å². The predicted octanol–water partition coefficient (Wildman–Crippen LogP) is 0.525. The van der Waals surface area contributed by atoms with Gasteiger partial charge in [0.15, 0.2) is 0 Å². The van der Waals surface area contributed by atoms with Crippen LogP contribution in [0.3, 0.4) is 0 Å². The zero-order valence-electron chi connectivity index (χ0n) is 6.16. The summed E-state index contributed by atoms with van der Waals surface area (Å²) < 4.78 is 9.41. The second-order valence-corrected chi connectivity index (χ2v) is 1.96. The number of furan rings is 1. The Bertz CT molecular complexity index is 254. The van der Waals surface area contributed by atoms with E-state index in [4.69, 9.17) is 10.2 Å². The monoisotopic (exact) mass is 155 g/mol. The van der Waals surface area contributed by atoms with Crippen molar-refractivity contribution in [1.82, 2.24) is 0 Å². The Morgan fingerprint density at radius 3 is 2.91 bits per heavy atom. The molecule has 60 valence electrons. The summed E-state index contributed by atoms with van der Waals surface area (Å²) in [6, 6.07) is 3.18. The van der Waals surface area contributed by atoms with Crippen LogP contribution < -0.4 is 5.73 Å². The molecule has 0 aliphatic carbocycles. The molecular formula is C7H9NO3. The molecule has 11 heavy (non-hydrogen) atoms. The van der Waals surface area contributed by atoms with E-state index in [1.165, 1.54) is 13.2 Å². The fourth-order valence-corrected chi connectivity index (χ4v) is 0.698. The quantitative estimate of drug-likeness (QED) is 0.632. The van der Waals surface area contributed by atoms with Crippen molar-refractivity contribution in [3.05, 3.63) is 23.7 Å². The molecule has 4 nitrogen and oxygen atoms in total. The second-order valence-electron chi connectivity index (χ2n) is 1.96. The summed E-state index contributed by atoms with van der Waals surface area (Å²) in [7, 11) is 1.30. The maximum absolute atomic E-state index is 10.8. The molecule has 0 saturated heterocycles. The van der Waals surface area contributed by atoms with Gasteiger partial charge in [-0.3, -0.25) is 0 Å². The zero-order chi connectivity index (χ0) is 8.27. The Morgan fingerprint density at radius 1 is 1.73 bits per heavy atom. The summed E-state index contributed by atoms with van der Waals surface area (Å²) in [4.78, 5) is 10.8. The van der Waals surface area contributed by atoms with E-state index in [0.717, 1.165) is 0 Å². The Kier molecular flexibility index (Phi) is 2.28. The van der Waals surface area contributed by atoms with Crippen LogP contribution in [0.4, 0.5) is 0 Å². The topological polar surface area (TPSA) is 65.5 Å². The van der Waals surface area contributed by atoms with Gasteiger partial charge in [-0.15, -0.1) is 0 Å². The van der Waals surface area contributed by atoms with Crippen molar-refractivity contribution in [2.45, 2.75) is 6.54 Å². The van der Waals surface area contributed by atoms with E-state index < -0.39 is 5.97 Å². The molecule has 1 rings (SSSR count). The molecule has 0 aliphatic heterocycles. The summed E-state index contributed by atoms with van der Waals surface area (Å²) in [6.45, 7) is 0.289. The van der Waals surface area contributed by atoms with E-state index in [9.17, 15) is 4.79 Å². The molecule has 0 amide bonds. The van der Waals surface area contributed by atoms with E-state index in [0.29, 0.717) is 5.76 Å². The normalized spacial score (nSPS) is 9.64. The third-order valence-electron chi connectivity index (χ3n) is 1.25. The van der Waals surface area contributed by atoms with Crippen molar-refractivity contribution in [3.63, 3.8) is 0 Å². The van der Waals surface area contributed by atoms with Crippen molar-refractivity contribution in [2.24, 2.45) is 5.73 Å². The molecule has 1 aromatic heterocycles. The average Bonchev–Trinajstić information content (AvgIpc) is 2.50. The minimum atomic E-state index is -0.482. The molecule has 0 fully saturated rings. The number of nitrogens with two attached hydrogens (primary N) is 1. The molecule has 0 aliphatic rings. The summed E-state index contributed by atoms with van der Waals surface area (Å²) in [5.41, 5.74) is 5.26. The van der Waals surface area contributed by atoms with E-state index >= 15 is 0 Å². The van der Waals surface area contributed by atoms with Crippen LogP contribution in [-0.4, -0.2) is 13.1 Å². The van der Waals surface area contributed by atoms with Gasteiger partial charge in [0.05, 0.1) is 13.7 Å². The van der Waals surface area contributed by atoms with Crippen LogP contribution in [0.25, 0.3) is 0 Å². The van der Waals surface area contributed by atoms with Crippen molar-refractivity contribution >= 4 is 5.97 Å². The predicted molar refractivity (Wildman–Crippen MR) is 37.9 cm³/mol. The number of methoxy groups -OCH3 is 1. The van der Waals surface area contributed by atoms with E-state index in [1.54, 1.807) is 6.07 Å². The van der Waals surface area contributed by atoms with Gasteiger partial charge in [-0.2, -0.15) is 0 Å². The standard InChI is InChI=1S/C7H9NO3/c1-10-7(9)6-3-2-5(4-8)11-6/h2-3H,4,8H2,1H3. The van der Waals surface area contributed by atoms with Crippen LogP contribution in [0.15, 0.2) is 16.5 Å². The largest absolute Gasteiger partial charge is 0.463 e. The van der Waals surface area contributed by atoms with Gasteiger partial charge in [-0.25, -0.2) is 4.79 Å². The number of carbonyl (C=O) groups excluding carboxylic acids is 1. The van der Waals surface area contributed by atoms with Crippen molar-refractivity contribution in [3.8, 4) is 0 Å². The summed E-state index contributed by atoms with van der Waals surface area (Å²) in [5.74, 6) is 0.281.